The summed E-state index contributed by atoms with van der Waals surface area (Å²) in [5.41, 5.74) is -0.806. The Hall–Kier alpha value is -1.37. The predicted molar refractivity (Wildman–Crippen MR) is 55.3 cm³/mol. The van der Waals surface area contributed by atoms with Crippen molar-refractivity contribution in [3.63, 3.8) is 0 Å². The number of carboxylic acids is 1. The highest BCUT2D eigenvalue weighted by Crippen LogP contribution is 2.24. The number of aliphatic carboxylic acids is 1. The van der Waals surface area contributed by atoms with Gasteiger partial charge in [-0.25, -0.2) is 14.0 Å². The van der Waals surface area contributed by atoms with Crippen molar-refractivity contribution in [2.75, 3.05) is 6.54 Å². The van der Waals surface area contributed by atoms with Crippen LogP contribution in [0.1, 0.15) is 20.8 Å². The second kappa shape index (κ2) is 4.48. The van der Waals surface area contributed by atoms with E-state index in [0.717, 1.165) is 0 Å². The molecule has 0 aromatic heterocycles. The number of halogens is 1. The Morgan fingerprint density at radius 2 is 1.94 bits per heavy atom. The van der Waals surface area contributed by atoms with Gasteiger partial charge in [0.05, 0.1) is 6.54 Å². The van der Waals surface area contributed by atoms with Crippen LogP contribution >= 0.6 is 0 Å². The number of amides is 1. The van der Waals surface area contributed by atoms with Crippen molar-refractivity contribution in [2.24, 2.45) is 0 Å². The van der Waals surface area contributed by atoms with Gasteiger partial charge in [-0.1, -0.05) is 0 Å². The molecule has 0 saturated carbocycles. The van der Waals surface area contributed by atoms with E-state index in [1.807, 2.05) is 0 Å². The van der Waals surface area contributed by atoms with Crippen molar-refractivity contribution in [3.05, 3.63) is 0 Å². The zero-order valence-electron chi connectivity index (χ0n) is 9.88. The molecule has 2 N–H and O–H groups in total. The van der Waals surface area contributed by atoms with Crippen LogP contribution < -0.4 is 0 Å². The maximum Gasteiger partial charge on any atom is 0.411 e. The highest BCUT2D eigenvalue weighted by atomic mass is 19.1. The average molecular weight is 249 g/mol. The van der Waals surface area contributed by atoms with Crippen LogP contribution in [-0.4, -0.2) is 57.6 Å². The summed E-state index contributed by atoms with van der Waals surface area (Å²) in [6.45, 7) is 4.45. The number of likely N-dealkylation sites (tertiary alicyclic amines) is 1. The minimum absolute atomic E-state index is 0.382. The molecule has 3 atom stereocenters. The molecule has 0 unspecified atom stereocenters. The average Bonchev–Trinajstić information content (AvgIpc) is 2.40. The summed E-state index contributed by atoms with van der Waals surface area (Å²) in [6, 6.07) is -1.69. The van der Waals surface area contributed by atoms with Crippen LogP contribution in [0.25, 0.3) is 0 Å². The molecule has 0 radical (unpaired) electrons. The molecule has 17 heavy (non-hydrogen) atoms. The second-order valence-corrected chi connectivity index (χ2v) is 4.93. The Balaban J connectivity index is 2.82. The van der Waals surface area contributed by atoms with E-state index in [1.165, 1.54) is 0 Å². The van der Waals surface area contributed by atoms with E-state index in [0.29, 0.717) is 4.90 Å². The van der Waals surface area contributed by atoms with Crippen LogP contribution in [0.15, 0.2) is 0 Å². The van der Waals surface area contributed by atoms with Crippen molar-refractivity contribution in [1.82, 2.24) is 4.90 Å². The predicted octanol–water partition coefficient (Wildman–Crippen LogP) is 0.389. The van der Waals surface area contributed by atoms with Crippen molar-refractivity contribution >= 4 is 12.1 Å². The van der Waals surface area contributed by atoms with Gasteiger partial charge in [0.25, 0.3) is 0 Å². The van der Waals surface area contributed by atoms with E-state index in [1.54, 1.807) is 20.8 Å². The molecule has 0 spiro atoms. The summed E-state index contributed by atoms with van der Waals surface area (Å²) in [6.07, 6.45) is -4.44. The van der Waals surface area contributed by atoms with Crippen LogP contribution in [0.4, 0.5) is 9.18 Å². The largest absolute Gasteiger partial charge is 0.480 e. The maximum atomic E-state index is 13.4. The highest BCUT2D eigenvalue weighted by Gasteiger charge is 2.49. The Morgan fingerprint density at radius 1 is 1.41 bits per heavy atom. The molecule has 0 aliphatic carbocycles. The lowest BCUT2D eigenvalue weighted by Gasteiger charge is -2.26. The molecule has 1 saturated heterocycles. The van der Waals surface area contributed by atoms with E-state index in [4.69, 9.17) is 9.84 Å². The van der Waals surface area contributed by atoms with Gasteiger partial charge >= 0.3 is 12.1 Å². The molecule has 1 fully saturated rings. The Bertz CT molecular complexity index is 327. The number of aliphatic hydroxyl groups excluding tert-OH is 1. The topological polar surface area (TPSA) is 87.1 Å². The first-order valence-corrected chi connectivity index (χ1v) is 5.18. The van der Waals surface area contributed by atoms with E-state index in [2.05, 4.69) is 0 Å². The quantitative estimate of drug-likeness (QED) is 0.702. The molecule has 1 heterocycles. The van der Waals surface area contributed by atoms with E-state index >= 15 is 0 Å². The SMILES string of the molecule is CC(C)(C)OC(=O)N1C[C@H](O)[C@H](F)[C@H]1C(=O)O. The summed E-state index contributed by atoms with van der Waals surface area (Å²) in [7, 11) is 0. The zero-order valence-corrected chi connectivity index (χ0v) is 9.88. The van der Waals surface area contributed by atoms with Crippen molar-refractivity contribution in [3.8, 4) is 0 Å². The van der Waals surface area contributed by atoms with Gasteiger partial charge in [-0.05, 0) is 20.8 Å². The molecule has 1 rings (SSSR count). The number of ether oxygens (including phenoxy) is 1. The summed E-state index contributed by atoms with van der Waals surface area (Å²) >= 11 is 0. The number of aliphatic hydroxyl groups is 1. The minimum Gasteiger partial charge on any atom is -0.480 e. The third kappa shape index (κ3) is 3.06. The smallest absolute Gasteiger partial charge is 0.411 e. The lowest BCUT2D eigenvalue weighted by molar-refractivity contribution is -0.144. The second-order valence-electron chi connectivity index (χ2n) is 4.93. The van der Waals surface area contributed by atoms with Gasteiger partial charge in [-0.15, -0.1) is 0 Å². The standard InChI is InChI=1S/C10H16FNO5/c1-10(2,3)17-9(16)12-4-5(13)6(11)7(12)8(14)15/h5-7,13H,4H2,1-3H3,(H,14,15)/t5-,6-,7-/m0/s1. The van der Waals surface area contributed by atoms with Gasteiger partial charge < -0.3 is 14.9 Å². The molecular weight excluding hydrogens is 233 g/mol. The molecule has 7 heteroatoms. The fourth-order valence-corrected chi connectivity index (χ4v) is 1.58. The molecule has 6 nitrogen and oxygen atoms in total. The first kappa shape index (κ1) is 13.7. The Kier molecular flexibility index (Phi) is 3.61. The van der Waals surface area contributed by atoms with Gasteiger partial charge in [0.1, 0.15) is 11.7 Å². The third-order valence-corrected chi connectivity index (χ3v) is 2.27. The number of hydrogen-bond donors (Lipinski definition) is 2. The monoisotopic (exact) mass is 249 g/mol. The maximum absolute atomic E-state index is 13.4. The number of nitrogens with zero attached hydrogens (tertiary/aromatic N) is 1. The number of carbonyl (C=O) groups excluding carboxylic acids is 1. The summed E-state index contributed by atoms with van der Waals surface area (Å²) in [5, 5.41) is 18.1. The number of carbonyl (C=O) groups is 2. The fraction of sp³-hybridized carbons (Fsp3) is 0.800. The number of alkyl halides is 1. The summed E-state index contributed by atoms with van der Waals surface area (Å²) < 4.78 is 18.3. The zero-order chi connectivity index (χ0) is 13.4. The normalized spacial score (nSPS) is 29.2. The van der Waals surface area contributed by atoms with E-state index in [9.17, 15) is 19.1 Å². The molecule has 1 amide bonds. The minimum atomic E-state index is -2.00. The molecule has 1 aliphatic rings. The van der Waals surface area contributed by atoms with Gasteiger partial charge in [-0.2, -0.15) is 0 Å². The van der Waals surface area contributed by atoms with E-state index < -0.39 is 36.0 Å². The molecule has 0 aromatic rings. The lowest BCUT2D eigenvalue weighted by atomic mass is 10.1. The number of β-amino-alcohol motifs (C(OH)–C–C–N with tert-alkyl or cyclic N) is 1. The van der Waals surface area contributed by atoms with Crippen LogP contribution in [0.2, 0.25) is 0 Å². The molecule has 98 valence electrons. The summed E-state index contributed by atoms with van der Waals surface area (Å²) in [4.78, 5) is 23.2. The van der Waals surface area contributed by atoms with Crippen LogP contribution in [0, 0.1) is 0 Å². The number of rotatable bonds is 1. The first-order chi connectivity index (χ1) is 7.63. The van der Waals surface area contributed by atoms with Crippen molar-refractivity contribution in [1.29, 1.82) is 0 Å². The van der Waals surface area contributed by atoms with Crippen LogP contribution in [0.3, 0.4) is 0 Å². The number of hydrogen-bond acceptors (Lipinski definition) is 4. The van der Waals surface area contributed by atoms with Crippen LogP contribution in [0.5, 0.6) is 0 Å². The van der Waals surface area contributed by atoms with Gasteiger partial charge in [0.2, 0.25) is 0 Å². The van der Waals surface area contributed by atoms with Crippen molar-refractivity contribution in [2.45, 2.75) is 44.7 Å². The fourth-order valence-electron chi connectivity index (χ4n) is 1.58. The van der Waals surface area contributed by atoms with Crippen LogP contribution in [-0.2, 0) is 9.53 Å². The third-order valence-electron chi connectivity index (χ3n) is 2.27. The van der Waals surface area contributed by atoms with Gasteiger partial charge in [0.15, 0.2) is 12.2 Å². The summed E-state index contributed by atoms with van der Waals surface area (Å²) in [5.74, 6) is -1.50. The molecule has 1 aliphatic heterocycles. The molecule has 0 bridgehead atoms. The Morgan fingerprint density at radius 3 is 2.35 bits per heavy atom. The van der Waals surface area contributed by atoms with Gasteiger partial charge in [0, 0.05) is 0 Å². The Labute approximate surface area is 98.0 Å². The first-order valence-electron chi connectivity index (χ1n) is 5.18. The molecule has 0 aromatic carbocycles. The number of carboxylic acid groups (broad SMARTS) is 1. The van der Waals surface area contributed by atoms with Crippen molar-refractivity contribution < 1.29 is 28.9 Å². The van der Waals surface area contributed by atoms with E-state index in [-0.39, 0.29) is 6.54 Å². The lowest BCUT2D eigenvalue weighted by Crippen LogP contribution is -2.46. The highest BCUT2D eigenvalue weighted by molar-refractivity contribution is 5.81. The van der Waals surface area contributed by atoms with Gasteiger partial charge in [-0.3, -0.25) is 4.90 Å². The molecular formula is C10H16FNO5.